The highest BCUT2D eigenvalue weighted by Gasteiger charge is 2.12. The van der Waals surface area contributed by atoms with Gasteiger partial charge in [-0.25, -0.2) is 0 Å². The lowest BCUT2D eigenvalue weighted by atomic mass is 10.0. The number of hydrogen-bond donors (Lipinski definition) is 1. The average molecular weight is 254 g/mol. The smallest absolute Gasteiger partial charge is 0.0725 e. The quantitative estimate of drug-likeness (QED) is 0.911. The van der Waals surface area contributed by atoms with E-state index in [0.717, 1.165) is 26.3 Å². The monoisotopic (exact) mass is 254 g/mol. The van der Waals surface area contributed by atoms with Gasteiger partial charge in [-0.1, -0.05) is 19.1 Å². The fraction of sp³-hybridized carbons (Fsp3) is 0.312. The number of pyridine rings is 1. The summed E-state index contributed by atoms with van der Waals surface area (Å²) in [6, 6.07) is 8.74. The molecule has 0 unspecified atom stereocenters. The molecule has 0 atom stereocenters. The lowest BCUT2D eigenvalue weighted by molar-refractivity contribution is 0.134. The molecule has 0 saturated heterocycles. The largest absolute Gasteiger partial charge is 0.372 e. The molecule has 1 aromatic heterocycles. The number of ether oxygens (including phenoxy) is 1. The summed E-state index contributed by atoms with van der Waals surface area (Å²) in [7, 11) is 0. The Kier molecular flexibility index (Phi) is 3.58. The summed E-state index contributed by atoms with van der Waals surface area (Å²) in [4.78, 5) is 4.34. The van der Waals surface area contributed by atoms with Crippen LogP contribution in [-0.4, -0.2) is 11.5 Å². The highest BCUT2D eigenvalue weighted by atomic mass is 16.5. The zero-order valence-corrected chi connectivity index (χ0v) is 11.1. The van der Waals surface area contributed by atoms with Crippen LogP contribution in [0.15, 0.2) is 36.7 Å². The van der Waals surface area contributed by atoms with Gasteiger partial charge in [0.2, 0.25) is 0 Å². The Morgan fingerprint density at radius 1 is 1.11 bits per heavy atom. The Labute approximate surface area is 113 Å². The minimum Gasteiger partial charge on any atom is -0.372 e. The van der Waals surface area contributed by atoms with Gasteiger partial charge in [-0.3, -0.25) is 4.98 Å². The van der Waals surface area contributed by atoms with E-state index in [1.807, 2.05) is 12.4 Å². The number of nitrogens with zero attached hydrogens (tertiary/aromatic N) is 1. The highest BCUT2D eigenvalue weighted by Crippen LogP contribution is 2.26. The van der Waals surface area contributed by atoms with Crippen molar-refractivity contribution in [1.29, 1.82) is 0 Å². The minimum absolute atomic E-state index is 0.730. The molecule has 0 saturated carbocycles. The molecule has 3 heteroatoms. The van der Waals surface area contributed by atoms with E-state index in [-0.39, 0.29) is 0 Å². The first-order valence-electron chi connectivity index (χ1n) is 6.71. The number of hydrogen-bond acceptors (Lipinski definition) is 3. The molecule has 0 fully saturated rings. The molecule has 0 radical (unpaired) electrons. The van der Waals surface area contributed by atoms with Gasteiger partial charge in [0.25, 0.3) is 0 Å². The number of rotatable bonds is 4. The molecule has 19 heavy (non-hydrogen) atoms. The van der Waals surface area contributed by atoms with Crippen LogP contribution in [0.3, 0.4) is 0 Å². The zero-order chi connectivity index (χ0) is 13.1. The summed E-state index contributed by atoms with van der Waals surface area (Å²) >= 11 is 0. The number of fused-ring (bicyclic) bond motifs is 1. The van der Waals surface area contributed by atoms with Gasteiger partial charge in [-0.2, -0.15) is 0 Å². The van der Waals surface area contributed by atoms with E-state index in [0.29, 0.717) is 0 Å². The lowest BCUT2D eigenvalue weighted by Crippen LogP contribution is -2.11. The summed E-state index contributed by atoms with van der Waals surface area (Å²) in [5.41, 5.74) is 6.21. The van der Waals surface area contributed by atoms with Crippen LogP contribution in [0.4, 0.5) is 0 Å². The third-order valence-electron chi connectivity index (χ3n) is 3.43. The Balaban J connectivity index is 1.89. The van der Waals surface area contributed by atoms with Gasteiger partial charge in [-0.15, -0.1) is 0 Å². The topological polar surface area (TPSA) is 34.2 Å². The van der Waals surface area contributed by atoms with Crippen molar-refractivity contribution in [2.75, 3.05) is 6.54 Å². The molecule has 0 amide bonds. The van der Waals surface area contributed by atoms with Crippen LogP contribution in [0.25, 0.3) is 11.1 Å². The first-order chi connectivity index (χ1) is 9.36. The molecular formula is C16H18N2O. The Hall–Kier alpha value is -1.71. The van der Waals surface area contributed by atoms with Crippen LogP contribution >= 0.6 is 0 Å². The zero-order valence-electron chi connectivity index (χ0n) is 11.1. The summed E-state index contributed by atoms with van der Waals surface area (Å²) in [5, 5.41) is 3.32. The molecule has 0 spiro atoms. The van der Waals surface area contributed by atoms with Crippen molar-refractivity contribution in [3.8, 4) is 11.1 Å². The molecule has 1 N–H and O–H groups in total. The highest BCUT2D eigenvalue weighted by molar-refractivity contribution is 5.64. The van der Waals surface area contributed by atoms with E-state index in [1.54, 1.807) is 0 Å². The second-order valence-corrected chi connectivity index (χ2v) is 4.84. The third kappa shape index (κ3) is 2.67. The number of benzene rings is 1. The van der Waals surface area contributed by atoms with E-state index in [4.69, 9.17) is 4.74 Å². The molecule has 1 aromatic carbocycles. The normalized spacial score (nSPS) is 13.5. The van der Waals surface area contributed by atoms with E-state index in [1.165, 1.54) is 27.8 Å². The first-order valence-corrected chi connectivity index (χ1v) is 6.71. The fourth-order valence-corrected chi connectivity index (χ4v) is 2.36. The van der Waals surface area contributed by atoms with Crippen LogP contribution < -0.4 is 5.32 Å². The summed E-state index contributed by atoms with van der Waals surface area (Å²) in [6.07, 6.45) is 3.84. The van der Waals surface area contributed by atoms with E-state index in [2.05, 4.69) is 41.5 Å². The SMILES string of the molecule is CCNCc1cncc(-c2ccc3c(c2)COC3)c1. The maximum absolute atomic E-state index is 5.46. The molecule has 0 aliphatic carbocycles. The second-order valence-electron chi connectivity index (χ2n) is 4.84. The molecule has 1 aliphatic rings. The Bertz CT molecular complexity index is 581. The summed E-state index contributed by atoms with van der Waals surface area (Å²) in [6.45, 7) is 5.42. The average Bonchev–Trinajstić information content (AvgIpc) is 2.92. The number of aromatic nitrogens is 1. The van der Waals surface area contributed by atoms with Crippen molar-refractivity contribution in [1.82, 2.24) is 10.3 Å². The van der Waals surface area contributed by atoms with Crippen molar-refractivity contribution in [3.05, 3.63) is 53.3 Å². The van der Waals surface area contributed by atoms with Gasteiger partial charge >= 0.3 is 0 Å². The van der Waals surface area contributed by atoms with Gasteiger partial charge in [0, 0.05) is 24.5 Å². The van der Waals surface area contributed by atoms with E-state index < -0.39 is 0 Å². The lowest BCUT2D eigenvalue weighted by Gasteiger charge is -2.07. The molecule has 3 nitrogen and oxygen atoms in total. The van der Waals surface area contributed by atoms with Crippen LogP contribution in [0.5, 0.6) is 0 Å². The minimum atomic E-state index is 0.730. The molecule has 98 valence electrons. The van der Waals surface area contributed by atoms with Gasteiger partial charge < -0.3 is 10.1 Å². The van der Waals surface area contributed by atoms with E-state index >= 15 is 0 Å². The number of nitrogens with one attached hydrogen (secondary N) is 1. The van der Waals surface area contributed by atoms with Crippen molar-refractivity contribution >= 4 is 0 Å². The molecule has 1 aliphatic heterocycles. The maximum atomic E-state index is 5.46. The third-order valence-corrected chi connectivity index (χ3v) is 3.43. The molecule has 0 bridgehead atoms. The standard InChI is InChI=1S/C16H18N2O/c1-2-17-7-12-5-15(9-18-8-12)13-3-4-14-10-19-11-16(14)6-13/h3-6,8-9,17H,2,7,10-11H2,1H3. The molecule has 3 rings (SSSR count). The molecule has 2 aromatic rings. The molecular weight excluding hydrogens is 236 g/mol. The van der Waals surface area contributed by atoms with E-state index in [9.17, 15) is 0 Å². The summed E-state index contributed by atoms with van der Waals surface area (Å²) < 4.78 is 5.46. The van der Waals surface area contributed by atoms with Crippen molar-refractivity contribution < 1.29 is 4.74 Å². The van der Waals surface area contributed by atoms with Crippen LogP contribution in [-0.2, 0) is 24.5 Å². The van der Waals surface area contributed by atoms with Crippen LogP contribution in [0.2, 0.25) is 0 Å². The Morgan fingerprint density at radius 2 is 2.00 bits per heavy atom. The van der Waals surface area contributed by atoms with Crippen molar-refractivity contribution in [2.24, 2.45) is 0 Å². The predicted octanol–water partition coefficient (Wildman–Crippen LogP) is 2.89. The first kappa shape index (κ1) is 12.3. The van der Waals surface area contributed by atoms with Crippen LogP contribution in [0, 0.1) is 0 Å². The van der Waals surface area contributed by atoms with Crippen molar-refractivity contribution in [3.63, 3.8) is 0 Å². The maximum Gasteiger partial charge on any atom is 0.0725 e. The van der Waals surface area contributed by atoms with Gasteiger partial charge in [0.05, 0.1) is 13.2 Å². The van der Waals surface area contributed by atoms with Gasteiger partial charge in [0.1, 0.15) is 0 Å². The second kappa shape index (κ2) is 5.51. The molecule has 2 heterocycles. The van der Waals surface area contributed by atoms with Crippen LogP contribution in [0.1, 0.15) is 23.6 Å². The summed E-state index contributed by atoms with van der Waals surface area (Å²) in [5.74, 6) is 0. The fourth-order valence-electron chi connectivity index (χ4n) is 2.36. The van der Waals surface area contributed by atoms with Gasteiger partial charge in [0.15, 0.2) is 0 Å². The van der Waals surface area contributed by atoms with Crippen molar-refractivity contribution in [2.45, 2.75) is 26.7 Å². The Morgan fingerprint density at radius 3 is 2.89 bits per heavy atom. The predicted molar refractivity (Wildman–Crippen MR) is 75.5 cm³/mol. The van der Waals surface area contributed by atoms with Gasteiger partial charge in [-0.05, 0) is 40.9 Å².